The Bertz CT molecular complexity index is 970. The van der Waals surface area contributed by atoms with Gasteiger partial charge >= 0.3 is 0 Å². The van der Waals surface area contributed by atoms with E-state index in [1.165, 1.54) is 5.56 Å². The average molecular weight is 423 g/mol. The molecule has 1 saturated heterocycles. The Morgan fingerprint density at radius 1 is 1.06 bits per heavy atom. The monoisotopic (exact) mass is 422 g/mol. The molecule has 0 amide bonds. The van der Waals surface area contributed by atoms with Crippen LogP contribution in [0, 0.1) is 11.8 Å². The van der Waals surface area contributed by atoms with Gasteiger partial charge < -0.3 is 14.0 Å². The van der Waals surface area contributed by atoms with Crippen molar-refractivity contribution in [1.29, 1.82) is 0 Å². The summed E-state index contributed by atoms with van der Waals surface area (Å²) in [5, 5.41) is 8.62. The molecule has 1 aliphatic heterocycles. The molecule has 1 aliphatic carbocycles. The third kappa shape index (κ3) is 4.28. The van der Waals surface area contributed by atoms with Crippen molar-refractivity contribution in [2.45, 2.75) is 38.1 Å². The summed E-state index contributed by atoms with van der Waals surface area (Å²) in [6, 6.07) is 9.02. The van der Waals surface area contributed by atoms with Crippen LogP contribution in [0.2, 0.25) is 0 Å². The van der Waals surface area contributed by atoms with Gasteiger partial charge in [0, 0.05) is 51.9 Å². The number of ether oxygens (including phenoxy) is 2. The quantitative estimate of drug-likeness (QED) is 0.583. The van der Waals surface area contributed by atoms with E-state index in [4.69, 9.17) is 9.47 Å². The number of aromatic nitrogens is 5. The maximum absolute atomic E-state index is 5.89. The van der Waals surface area contributed by atoms with Crippen molar-refractivity contribution in [3.05, 3.63) is 60.4 Å². The first-order chi connectivity index (χ1) is 15.2. The fourth-order valence-corrected chi connectivity index (χ4v) is 5.28. The van der Waals surface area contributed by atoms with Gasteiger partial charge in [0.15, 0.2) is 0 Å². The highest BCUT2D eigenvalue weighted by molar-refractivity contribution is 5.34. The van der Waals surface area contributed by atoms with E-state index >= 15 is 0 Å². The highest BCUT2D eigenvalue weighted by Crippen LogP contribution is 2.42. The van der Waals surface area contributed by atoms with E-state index < -0.39 is 0 Å². The Labute approximate surface area is 182 Å². The van der Waals surface area contributed by atoms with Gasteiger partial charge in [-0.25, -0.2) is 9.67 Å². The summed E-state index contributed by atoms with van der Waals surface area (Å²) in [5.41, 5.74) is 3.36. The van der Waals surface area contributed by atoms with Gasteiger partial charge in [-0.1, -0.05) is 17.3 Å². The molecule has 1 aromatic carbocycles. The molecule has 1 saturated carbocycles. The third-order valence-corrected chi connectivity index (χ3v) is 6.80. The molecule has 2 aliphatic rings. The first-order valence-electron chi connectivity index (χ1n) is 11.0. The zero-order valence-corrected chi connectivity index (χ0v) is 18.2. The van der Waals surface area contributed by atoms with Crippen LogP contribution < -0.4 is 0 Å². The molecule has 0 N–H and O–H groups in total. The molecule has 164 valence electrons. The van der Waals surface area contributed by atoms with Gasteiger partial charge in [0.2, 0.25) is 0 Å². The largest absolute Gasteiger partial charge is 0.379 e. The van der Waals surface area contributed by atoms with Crippen molar-refractivity contribution in [3.63, 3.8) is 0 Å². The Hall–Kier alpha value is -2.55. The summed E-state index contributed by atoms with van der Waals surface area (Å²) in [7, 11) is 3.50. The lowest BCUT2D eigenvalue weighted by Gasteiger charge is -2.37. The number of nitrogens with zero attached hydrogens (tertiary/aromatic N) is 6. The minimum absolute atomic E-state index is 0.174. The minimum atomic E-state index is 0.174. The van der Waals surface area contributed by atoms with Gasteiger partial charge in [-0.2, -0.15) is 0 Å². The summed E-state index contributed by atoms with van der Waals surface area (Å²) < 4.78 is 15.1. The highest BCUT2D eigenvalue weighted by Gasteiger charge is 2.43. The lowest BCUT2D eigenvalue weighted by atomic mass is 9.77. The van der Waals surface area contributed by atoms with Gasteiger partial charge in [-0.3, -0.25) is 4.90 Å². The predicted octanol–water partition coefficient (Wildman–Crippen LogP) is 2.71. The van der Waals surface area contributed by atoms with Crippen LogP contribution in [0.3, 0.4) is 0 Å². The van der Waals surface area contributed by atoms with E-state index in [-0.39, 0.29) is 12.1 Å². The van der Waals surface area contributed by atoms with Crippen molar-refractivity contribution in [2.75, 3.05) is 27.3 Å². The molecule has 0 radical (unpaired) electrons. The Morgan fingerprint density at radius 2 is 1.87 bits per heavy atom. The van der Waals surface area contributed by atoms with Crippen molar-refractivity contribution in [2.24, 2.45) is 11.8 Å². The first-order valence-corrected chi connectivity index (χ1v) is 11.0. The van der Waals surface area contributed by atoms with E-state index in [9.17, 15) is 0 Å². The maximum Gasteiger partial charge on any atom is 0.108 e. The second kappa shape index (κ2) is 8.90. The summed E-state index contributed by atoms with van der Waals surface area (Å²) in [5.74, 6) is 1.34. The molecule has 31 heavy (non-hydrogen) atoms. The number of hydrogen-bond acceptors (Lipinski definition) is 6. The molecule has 0 spiro atoms. The molecule has 0 bridgehead atoms. The maximum atomic E-state index is 5.89. The van der Waals surface area contributed by atoms with Crippen LogP contribution in [0.5, 0.6) is 0 Å². The van der Waals surface area contributed by atoms with Crippen molar-refractivity contribution >= 4 is 0 Å². The number of hydrogen-bond donors (Lipinski definition) is 0. The van der Waals surface area contributed by atoms with Crippen LogP contribution in [-0.4, -0.2) is 62.9 Å². The zero-order valence-electron chi connectivity index (χ0n) is 18.2. The fourth-order valence-electron chi connectivity index (χ4n) is 5.28. The van der Waals surface area contributed by atoms with E-state index in [1.54, 1.807) is 13.3 Å². The smallest absolute Gasteiger partial charge is 0.108 e. The molecule has 8 nitrogen and oxygen atoms in total. The SMILES string of the molecule is COCc1cn([C@@H]2C[C@@H]3CN(Cc4ccc(-n5ccnc5)cc4)C[C@@H]3C[C@H]2OC)nn1. The van der Waals surface area contributed by atoms with E-state index in [0.717, 1.165) is 43.9 Å². The lowest BCUT2D eigenvalue weighted by molar-refractivity contribution is -0.00548. The Kier molecular flexibility index (Phi) is 5.85. The second-order valence-electron chi connectivity index (χ2n) is 8.79. The van der Waals surface area contributed by atoms with Gasteiger partial charge in [-0.15, -0.1) is 5.10 Å². The topological polar surface area (TPSA) is 70.2 Å². The van der Waals surface area contributed by atoms with Gasteiger partial charge in [0.25, 0.3) is 0 Å². The van der Waals surface area contributed by atoms with Crippen LogP contribution in [0.25, 0.3) is 5.69 Å². The number of likely N-dealkylation sites (tertiary alicyclic amines) is 1. The van der Waals surface area contributed by atoms with Gasteiger partial charge in [0.1, 0.15) is 5.69 Å². The molecule has 2 aromatic heterocycles. The standard InChI is InChI=1S/C23H30N6O2/c1-30-15-20-14-29(26-25-20)22-9-18-12-27(13-19(18)10-23(22)31-2)11-17-3-5-21(6-4-17)28-8-7-24-16-28/h3-8,14,16,18-19,22-23H,9-13,15H2,1-2H3/t18-,19+,22-,23-/m1/s1. The number of methoxy groups -OCH3 is 2. The minimum Gasteiger partial charge on any atom is -0.379 e. The highest BCUT2D eigenvalue weighted by atomic mass is 16.5. The van der Waals surface area contributed by atoms with E-state index in [1.807, 2.05) is 35.1 Å². The predicted molar refractivity (Wildman–Crippen MR) is 116 cm³/mol. The molecule has 5 rings (SSSR count). The Morgan fingerprint density at radius 3 is 2.58 bits per heavy atom. The molecule has 2 fully saturated rings. The number of fused-ring (bicyclic) bond motifs is 1. The molecular weight excluding hydrogens is 392 g/mol. The summed E-state index contributed by atoms with van der Waals surface area (Å²) in [4.78, 5) is 6.72. The fraction of sp³-hybridized carbons (Fsp3) is 0.522. The normalized spacial score (nSPS) is 26.3. The van der Waals surface area contributed by atoms with Crippen molar-refractivity contribution in [1.82, 2.24) is 29.4 Å². The van der Waals surface area contributed by atoms with Gasteiger partial charge in [0.05, 0.1) is 31.3 Å². The van der Waals surface area contributed by atoms with E-state index in [2.05, 4.69) is 44.5 Å². The molecule has 3 aromatic rings. The molecule has 3 heterocycles. The summed E-state index contributed by atoms with van der Waals surface area (Å²) >= 11 is 0. The molecule has 4 atom stereocenters. The van der Waals surface area contributed by atoms with Gasteiger partial charge in [-0.05, 0) is 42.4 Å². The average Bonchev–Trinajstić information content (AvgIpc) is 3.54. The van der Waals surface area contributed by atoms with E-state index in [0.29, 0.717) is 18.4 Å². The van der Waals surface area contributed by atoms with Crippen LogP contribution in [0.15, 0.2) is 49.2 Å². The number of rotatable bonds is 7. The molecule has 8 heteroatoms. The first kappa shape index (κ1) is 20.4. The summed E-state index contributed by atoms with van der Waals surface area (Å²) in [6.45, 7) is 3.73. The van der Waals surface area contributed by atoms with Crippen LogP contribution in [-0.2, 0) is 22.6 Å². The zero-order chi connectivity index (χ0) is 21.2. The summed E-state index contributed by atoms with van der Waals surface area (Å²) in [6.07, 6.45) is 9.93. The van der Waals surface area contributed by atoms with Crippen LogP contribution >= 0.6 is 0 Å². The lowest BCUT2D eigenvalue weighted by Crippen LogP contribution is -2.37. The van der Waals surface area contributed by atoms with Crippen LogP contribution in [0.4, 0.5) is 0 Å². The number of benzene rings is 1. The second-order valence-corrected chi connectivity index (χ2v) is 8.79. The van der Waals surface area contributed by atoms with Crippen LogP contribution in [0.1, 0.15) is 30.1 Å². The Balaban J connectivity index is 1.23. The molecular formula is C23H30N6O2. The van der Waals surface area contributed by atoms with Crippen molar-refractivity contribution in [3.8, 4) is 5.69 Å². The van der Waals surface area contributed by atoms with Crippen molar-refractivity contribution < 1.29 is 9.47 Å². The third-order valence-electron chi connectivity index (χ3n) is 6.80. The number of imidazole rings is 1. The molecule has 0 unspecified atom stereocenters.